The Balaban J connectivity index is 2.01. The first kappa shape index (κ1) is 5.72. The molecule has 2 bridgehead atoms. The zero-order valence-corrected chi connectivity index (χ0v) is 5.77. The minimum Gasteiger partial charge on any atom is -0.311 e. The van der Waals surface area contributed by atoms with Crippen LogP contribution in [0.2, 0.25) is 0 Å². The van der Waals surface area contributed by atoms with Gasteiger partial charge in [-0.2, -0.15) is 0 Å². The summed E-state index contributed by atoms with van der Waals surface area (Å²) in [7, 11) is 0. The van der Waals surface area contributed by atoms with E-state index in [1.807, 2.05) is 0 Å². The van der Waals surface area contributed by atoms with Crippen LogP contribution >= 0.6 is 0 Å². The summed E-state index contributed by atoms with van der Waals surface area (Å²) in [5.41, 5.74) is 0. The van der Waals surface area contributed by atoms with Gasteiger partial charge in [-0.3, -0.25) is 0 Å². The van der Waals surface area contributed by atoms with Crippen molar-refractivity contribution >= 4 is 0 Å². The third kappa shape index (κ3) is 0.787. The van der Waals surface area contributed by atoms with Gasteiger partial charge >= 0.3 is 0 Å². The molecule has 2 saturated heterocycles. The Morgan fingerprint density at radius 1 is 1.44 bits per heavy atom. The van der Waals surface area contributed by atoms with Crippen molar-refractivity contribution in [3.05, 3.63) is 6.92 Å². The Hall–Kier alpha value is -0.0400. The normalized spacial score (nSPS) is 48.3. The van der Waals surface area contributed by atoms with E-state index in [9.17, 15) is 0 Å². The second-order valence-electron chi connectivity index (χ2n) is 3.33. The van der Waals surface area contributed by atoms with Gasteiger partial charge in [0.1, 0.15) is 0 Å². The molecule has 0 saturated carbocycles. The Morgan fingerprint density at radius 2 is 2.33 bits per heavy atom. The second-order valence-corrected chi connectivity index (χ2v) is 3.33. The highest BCUT2D eigenvalue weighted by molar-refractivity contribution is 4.97. The standard InChI is InChI=1S/C8H14N/c1-2-6-5-7-3-4-8(6)9-7/h6-9H,1-5H2. The molecular weight excluding hydrogens is 110 g/mol. The predicted molar refractivity (Wildman–Crippen MR) is 38.0 cm³/mol. The molecule has 3 atom stereocenters. The van der Waals surface area contributed by atoms with Gasteiger partial charge in [-0.15, -0.1) is 0 Å². The van der Waals surface area contributed by atoms with E-state index in [1.165, 1.54) is 19.3 Å². The maximum atomic E-state index is 3.95. The van der Waals surface area contributed by atoms with Gasteiger partial charge in [0.2, 0.25) is 0 Å². The van der Waals surface area contributed by atoms with Crippen LogP contribution in [0.3, 0.4) is 0 Å². The first-order valence-corrected chi connectivity index (χ1v) is 3.95. The van der Waals surface area contributed by atoms with Gasteiger partial charge in [0, 0.05) is 12.1 Å². The van der Waals surface area contributed by atoms with Crippen LogP contribution in [0.4, 0.5) is 0 Å². The lowest BCUT2D eigenvalue weighted by Crippen LogP contribution is -2.22. The lowest BCUT2D eigenvalue weighted by molar-refractivity contribution is 0.409. The summed E-state index contributed by atoms with van der Waals surface area (Å²) in [5.74, 6) is 0.906. The molecule has 1 heteroatoms. The van der Waals surface area contributed by atoms with Gasteiger partial charge in [0.15, 0.2) is 0 Å². The first-order valence-electron chi connectivity index (χ1n) is 3.95. The van der Waals surface area contributed by atoms with Crippen molar-refractivity contribution in [2.24, 2.45) is 5.92 Å². The molecule has 2 aliphatic heterocycles. The summed E-state index contributed by atoms with van der Waals surface area (Å²) >= 11 is 0. The van der Waals surface area contributed by atoms with E-state index in [0.29, 0.717) is 0 Å². The average Bonchev–Trinajstić information content (AvgIpc) is 2.45. The Morgan fingerprint density at radius 3 is 2.67 bits per heavy atom. The summed E-state index contributed by atoms with van der Waals surface area (Å²) in [6.45, 7) is 3.95. The second kappa shape index (κ2) is 1.98. The van der Waals surface area contributed by atoms with E-state index in [1.54, 1.807) is 0 Å². The zero-order valence-electron chi connectivity index (χ0n) is 5.77. The quantitative estimate of drug-likeness (QED) is 0.556. The number of hydrogen-bond acceptors (Lipinski definition) is 1. The maximum absolute atomic E-state index is 3.95. The molecule has 0 aromatic rings. The van der Waals surface area contributed by atoms with Crippen molar-refractivity contribution in [2.75, 3.05) is 0 Å². The highest BCUT2D eigenvalue weighted by atomic mass is 15.0. The van der Waals surface area contributed by atoms with E-state index in [0.717, 1.165) is 24.4 Å². The van der Waals surface area contributed by atoms with Gasteiger partial charge < -0.3 is 5.32 Å². The highest BCUT2D eigenvalue weighted by Crippen LogP contribution is 2.34. The van der Waals surface area contributed by atoms with E-state index in [-0.39, 0.29) is 0 Å². The minimum atomic E-state index is 0.840. The third-order valence-electron chi connectivity index (χ3n) is 2.80. The molecule has 0 amide bonds. The van der Waals surface area contributed by atoms with Crippen molar-refractivity contribution < 1.29 is 0 Å². The topological polar surface area (TPSA) is 12.0 Å². The van der Waals surface area contributed by atoms with Crippen LogP contribution in [0.5, 0.6) is 0 Å². The zero-order chi connectivity index (χ0) is 6.27. The maximum Gasteiger partial charge on any atom is 0.00990 e. The monoisotopic (exact) mass is 124 g/mol. The smallest absolute Gasteiger partial charge is 0.00990 e. The van der Waals surface area contributed by atoms with E-state index in [2.05, 4.69) is 12.2 Å². The summed E-state index contributed by atoms with van der Waals surface area (Å²) in [6.07, 6.45) is 5.36. The molecule has 9 heavy (non-hydrogen) atoms. The van der Waals surface area contributed by atoms with Crippen molar-refractivity contribution in [2.45, 2.75) is 37.8 Å². The average molecular weight is 124 g/mol. The highest BCUT2D eigenvalue weighted by Gasteiger charge is 2.37. The summed E-state index contributed by atoms with van der Waals surface area (Å²) < 4.78 is 0. The summed E-state index contributed by atoms with van der Waals surface area (Å²) in [4.78, 5) is 0. The largest absolute Gasteiger partial charge is 0.311 e. The molecule has 3 unspecified atom stereocenters. The van der Waals surface area contributed by atoms with E-state index >= 15 is 0 Å². The van der Waals surface area contributed by atoms with Crippen LogP contribution in [0.15, 0.2) is 0 Å². The summed E-state index contributed by atoms with van der Waals surface area (Å²) in [5, 5.41) is 3.59. The molecular formula is C8H14N. The van der Waals surface area contributed by atoms with E-state index in [4.69, 9.17) is 0 Å². The third-order valence-corrected chi connectivity index (χ3v) is 2.80. The molecule has 2 fully saturated rings. The van der Waals surface area contributed by atoms with Crippen molar-refractivity contribution in [3.8, 4) is 0 Å². The number of nitrogens with one attached hydrogen (secondary N) is 1. The van der Waals surface area contributed by atoms with Crippen LogP contribution in [-0.4, -0.2) is 12.1 Å². The van der Waals surface area contributed by atoms with Crippen LogP contribution < -0.4 is 5.32 Å². The van der Waals surface area contributed by atoms with Crippen LogP contribution in [0, 0.1) is 12.8 Å². The van der Waals surface area contributed by atoms with Gasteiger partial charge in [0.25, 0.3) is 0 Å². The first-order chi connectivity index (χ1) is 4.40. The molecule has 2 aliphatic rings. The SMILES string of the molecule is [CH2]CC1CC2CCC1N2. The molecule has 2 heterocycles. The number of rotatable bonds is 1. The van der Waals surface area contributed by atoms with Gasteiger partial charge in [0.05, 0.1) is 0 Å². The molecule has 0 aromatic heterocycles. The molecule has 2 rings (SSSR count). The fourth-order valence-electron chi connectivity index (χ4n) is 2.26. The predicted octanol–water partition coefficient (Wildman–Crippen LogP) is 1.35. The van der Waals surface area contributed by atoms with Crippen LogP contribution in [0.25, 0.3) is 0 Å². The molecule has 51 valence electrons. The van der Waals surface area contributed by atoms with E-state index < -0.39 is 0 Å². The Bertz CT molecular complexity index is 111. The van der Waals surface area contributed by atoms with Gasteiger partial charge in [-0.05, 0) is 31.6 Å². The van der Waals surface area contributed by atoms with Crippen LogP contribution in [-0.2, 0) is 0 Å². The molecule has 1 N–H and O–H groups in total. The fraction of sp³-hybridized carbons (Fsp3) is 0.875. The molecule has 0 aromatic carbocycles. The minimum absolute atomic E-state index is 0.840. The van der Waals surface area contributed by atoms with Crippen molar-refractivity contribution in [1.29, 1.82) is 0 Å². The Labute approximate surface area is 56.8 Å². The Kier molecular flexibility index (Phi) is 1.26. The van der Waals surface area contributed by atoms with Crippen molar-refractivity contribution in [1.82, 2.24) is 5.32 Å². The molecule has 0 spiro atoms. The molecule has 0 aliphatic carbocycles. The van der Waals surface area contributed by atoms with Crippen molar-refractivity contribution in [3.63, 3.8) is 0 Å². The number of hydrogen-bond donors (Lipinski definition) is 1. The molecule has 1 radical (unpaired) electrons. The lowest BCUT2D eigenvalue weighted by atomic mass is 9.87. The number of fused-ring (bicyclic) bond motifs is 2. The van der Waals surface area contributed by atoms with Gasteiger partial charge in [-0.25, -0.2) is 0 Å². The van der Waals surface area contributed by atoms with Crippen LogP contribution in [0.1, 0.15) is 25.7 Å². The fourth-order valence-corrected chi connectivity index (χ4v) is 2.26. The molecule has 1 nitrogen and oxygen atoms in total. The summed E-state index contributed by atoms with van der Waals surface area (Å²) in [6, 6.07) is 1.70. The lowest BCUT2D eigenvalue weighted by Gasteiger charge is -2.16. The van der Waals surface area contributed by atoms with Gasteiger partial charge in [-0.1, -0.05) is 6.92 Å².